The zero-order valence-corrected chi connectivity index (χ0v) is 20.2. The summed E-state index contributed by atoms with van der Waals surface area (Å²) >= 11 is 0. The summed E-state index contributed by atoms with van der Waals surface area (Å²) in [5, 5.41) is 0. The summed E-state index contributed by atoms with van der Waals surface area (Å²) in [5.74, 6) is 0. The first-order chi connectivity index (χ1) is 1.00. The van der Waals surface area contributed by atoms with E-state index < -0.39 is 0 Å². The van der Waals surface area contributed by atoms with Crippen LogP contribution in [0.3, 0.4) is 0 Å². The van der Waals surface area contributed by atoms with Crippen LogP contribution < -0.4 is 175 Å². The average Bonchev–Trinajstić information content (AvgIpc) is 1.00. The smallest absolute Gasteiger partial charge is 0.677 e. The third-order valence-electron chi connectivity index (χ3n) is 0. The maximum atomic E-state index is 2.97. The number of hydrogen-bond donors (Lipinski definition) is 0. The van der Waals surface area contributed by atoms with Gasteiger partial charge < -0.3 is 10.2 Å². The quantitative estimate of drug-likeness (QED) is 0.390. The van der Waals surface area contributed by atoms with Crippen LogP contribution in [0.25, 0.3) is 0 Å². The Morgan fingerprint density at radius 3 is 0.800 bits per heavy atom. The molecule has 0 aromatic rings. The van der Waals surface area contributed by atoms with Gasteiger partial charge in [-0.25, -0.2) is 0 Å². The molecule has 0 nitrogen and oxygen atoms in total. The van der Waals surface area contributed by atoms with Crippen molar-refractivity contribution >= 4 is 10.2 Å². The van der Waals surface area contributed by atoms with Crippen LogP contribution in [0.15, 0.2) is 0 Å². The topological polar surface area (TPSA) is 0 Å². The summed E-state index contributed by atoms with van der Waals surface area (Å²) in [5.41, 5.74) is 0. The van der Waals surface area contributed by atoms with Gasteiger partial charge >= 0.3 is 175 Å². The predicted molar refractivity (Wildman–Crippen MR) is 11.6 cm³/mol. The minimum Gasteiger partial charge on any atom is -0.677 e. The van der Waals surface area contributed by atoms with E-state index >= 15 is 0 Å². The number of rotatable bonds is 0. The van der Waals surface area contributed by atoms with E-state index in [9.17, 15) is 0 Å². The third-order valence-corrected chi connectivity index (χ3v) is 0. The van der Waals surface area contributed by atoms with Crippen molar-refractivity contribution in [1.82, 2.24) is 0 Å². The molecule has 0 heterocycles. The summed E-state index contributed by atoms with van der Waals surface area (Å²) in [6, 6.07) is 0. The Morgan fingerprint density at radius 1 is 0.800 bits per heavy atom. The molecule has 0 aromatic carbocycles. The fraction of sp³-hybridized carbons (Fsp3) is 1.00. The van der Waals surface area contributed by atoms with Gasteiger partial charge in [0.05, 0.1) is 0 Å². The van der Waals surface area contributed by atoms with Gasteiger partial charge in [0.15, 0.2) is 0 Å². The van der Waals surface area contributed by atoms with Gasteiger partial charge in [-0.15, -0.1) is 0 Å². The summed E-state index contributed by atoms with van der Waals surface area (Å²) in [4.78, 5) is 0. The van der Waals surface area contributed by atoms with Crippen LogP contribution in [0.5, 0.6) is 0 Å². The Labute approximate surface area is 184 Å². The zero-order chi connectivity index (χ0) is 2.00. The van der Waals surface area contributed by atoms with Gasteiger partial charge in [0.2, 0.25) is 0 Å². The number of hydrogen-bond acceptors (Lipinski definition) is 0. The van der Waals surface area contributed by atoms with E-state index in [1.165, 1.54) is 0 Å². The molecule has 2 radical (unpaired) electrons. The monoisotopic (exact) mass is 298 g/mol. The van der Waals surface area contributed by atoms with E-state index in [2.05, 4.69) is 10.2 Å². The van der Waals surface area contributed by atoms with Crippen molar-refractivity contribution in [3.05, 3.63) is 0 Å². The van der Waals surface area contributed by atoms with Crippen molar-refractivity contribution < 1.29 is 175 Å². The molecule has 0 atom stereocenters. The van der Waals surface area contributed by atoms with Crippen LogP contribution in [0, 0.1) is 0 Å². The van der Waals surface area contributed by atoms with Crippen molar-refractivity contribution in [3.63, 3.8) is 0 Å². The van der Waals surface area contributed by atoms with E-state index in [0.29, 0.717) is 0 Å². The van der Waals surface area contributed by atoms with E-state index in [0.717, 1.165) is 0 Å². The van der Waals surface area contributed by atoms with Crippen LogP contribution in [-0.2, 0) is 0 Å². The Balaban J connectivity index is -0.00000000167. The summed E-state index contributed by atoms with van der Waals surface area (Å²) in [6.45, 7) is 1.81. The molecule has 0 N–H and O–H groups in total. The fourth-order valence-corrected chi connectivity index (χ4v) is 0. The Morgan fingerprint density at radius 2 is 0.800 bits per heavy atom. The first kappa shape index (κ1) is 22.4. The summed E-state index contributed by atoms with van der Waals surface area (Å²) in [6.07, 6.45) is 0. The molecule has 0 amide bonds. The molecule has 0 bridgehead atoms. The van der Waals surface area contributed by atoms with Crippen molar-refractivity contribution in [3.8, 4) is 0 Å². The Hall–Kier alpha value is 5.63. The van der Waals surface area contributed by atoms with E-state index in [1.807, 2.05) is 0 Å². The molecule has 0 unspecified atom stereocenters. The molecule has 0 saturated heterocycles. The second kappa shape index (κ2) is 22.6. The van der Waals surface area contributed by atoms with Crippen LogP contribution in [0.4, 0.5) is 0 Å². The van der Waals surface area contributed by atoms with Crippen LogP contribution in [-0.4, -0.2) is 10.2 Å². The molecule has 0 aromatic heterocycles. The minimum atomic E-state index is 0. The molecular weight excluding hydrogens is 297 g/mol. The van der Waals surface area contributed by atoms with Gasteiger partial charge in [-0.1, -0.05) is 0 Å². The molecule has 12 valence electrons. The molecule has 0 saturated carbocycles. The molecule has 0 fully saturated rings. The van der Waals surface area contributed by atoms with Gasteiger partial charge in [0.25, 0.3) is 0 Å². The average molecular weight is 300 g/mol. The molecule has 5 heavy (non-hydrogen) atoms. The molecule has 0 aliphatic rings. The molecule has 0 aliphatic heterocycles. The molecule has 4 heteroatoms. The van der Waals surface area contributed by atoms with Crippen molar-refractivity contribution in [2.24, 2.45) is 0 Å². The van der Waals surface area contributed by atoms with E-state index in [1.54, 1.807) is 6.55 Å². The predicted octanol–water partition coefficient (Wildman–Crippen LogP) is -8.79. The molecule has 0 spiro atoms. The van der Waals surface area contributed by atoms with Crippen LogP contribution in [0.1, 0.15) is 0 Å². The maximum Gasteiger partial charge on any atom is 1.00 e. The van der Waals surface area contributed by atoms with E-state index in [4.69, 9.17) is 0 Å². The minimum absolute atomic E-state index is 0. The first-order valence-corrected chi connectivity index (χ1v) is 1.50. The van der Waals surface area contributed by atoms with Gasteiger partial charge in [0, 0.05) is 0 Å². The van der Waals surface area contributed by atoms with Gasteiger partial charge in [-0.05, 0) is 0 Å². The van der Waals surface area contributed by atoms with Gasteiger partial charge in [-0.3, -0.25) is 6.55 Å². The normalized spacial score (nSPS) is 1.20. The maximum absolute atomic E-state index is 2.97. The second-order valence-electron chi connectivity index (χ2n) is 0. The standard InChI is InChI=1S/CH3Si.3Rb/c1-2;;;/h1H3;;;/q-1;3*+1. The third kappa shape index (κ3) is 17.7. The van der Waals surface area contributed by atoms with Crippen molar-refractivity contribution in [1.29, 1.82) is 0 Å². The molecule has 0 rings (SSSR count). The Kier molecular flexibility index (Phi) is 101. The first-order valence-electron chi connectivity index (χ1n) is 0.500. The fourth-order valence-electron chi connectivity index (χ4n) is 0. The van der Waals surface area contributed by atoms with Gasteiger partial charge in [-0.2, -0.15) is 0 Å². The van der Waals surface area contributed by atoms with Gasteiger partial charge in [0.1, 0.15) is 0 Å². The molecular formula is CH3Rb3Si+2. The van der Waals surface area contributed by atoms with Crippen LogP contribution in [0.2, 0.25) is 6.55 Å². The zero-order valence-electron chi connectivity index (χ0n) is 4.50. The van der Waals surface area contributed by atoms with Crippen molar-refractivity contribution in [2.75, 3.05) is 0 Å². The van der Waals surface area contributed by atoms with Crippen molar-refractivity contribution in [2.45, 2.75) is 6.55 Å². The Bertz CT molecular complexity index is 6.85. The van der Waals surface area contributed by atoms with Crippen LogP contribution >= 0.6 is 0 Å². The molecule has 0 aliphatic carbocycles. The SMILES string of the molecule is C[Si-].[Rb+].[Rb+].[Rb+]. The second-order valence-corrected chi connectivity index (χ2v) is 0. The summed E-state index contributed by atoms with van der Waals surface area (Å²) < 4.78 is 0. The van der Waals surface area contributed by atoms with E-state index in [-0.39, 0.29) is 175 Å². The summed E-state index contributed by atoms with van der Waals surface area (Å²) in [7, 11) is 2.97. The largest absolute Gasteiger partial charge is 1.00 e.